The summed E-state index contributed by atoms with van der Waals surface area (Å²) in [6, 6.07) is 5.74. The lowest BCUT2D eigenvalue weighted by atomic mass is 10.1. The van der Waals surface area contributed by atoms with E-state index < -0.39 is 17.6 Å². The SMILES string of the molecule is O=C(CSc1nnc2c(Cl)cc(C(F)(F)F)cn12)c1ccc(F)cc1. The average Bonchev–Trinajstić information content (AvgIpc) is 2.96. The highest BCUT2D eigenvalue weighted by atomic mass is 35.5. The van der Waals surface area contributed by atoms with E-state index in [9.17, 15) is 22.4 Å². The molecule has 0 aliphatic carbocycles. The van der Waals surface area contributed by atoms with E-state index in [1.54, 1.807) is 0 Å². The molecule has 25 heavy (non-hydrogen) atoms. The molecule has 0 radical (unpaired) electrons. The molecular formula is C15H8ClF4N3OS. The molecule has 0 saturated carbocycles. The van der Waals surface area contributed by atoms with Crippen LogP contribution in [0.25, 0.3) is 5.65 Å². The van der Waals surface area contributed by atoms with Gasteiger partial charge in [0.1, 0.15) is 5.82 Å². The summed E-state index contributed by atoms with van der Waals surface area (Å²) in [6.45, 7) is 0. The van der Waals surface area contributed by atoms with Crippen LogP contribution >= 0.6 is 23.4 Å². The zero-order valence-corrected chi connectivity index (χ0v) is 13.8. The van der Waals surface area contributed by atoms with Gasteiger partial charge in [0.05, 0.1) is 16.3 Å². The molecule has 0 atom stereocenters. The molecule has 0 bridgehead atoms. The van der Waals surface area contributed by atoms with Crippen LogP contribution in [0.3, 0.4) is 0 Å². The second-order valence-electron chi connectivity index (χ2n) is 4.97. The number of Topliss-reactive ketones (excluding diaryl/α,β-unsaturated/α-hetero) is 1. The third kappa shape index (κ3) is 3.77. The number of pyridine rings is 1. The smallest absolute Gasteiger partial charge is 0.293 e. The van der Waals surface area contributed by atoms with Crippen molar-refractivity contribution < 1.29 is 22.4 Å². The molecule has 4 nitrogen and oxygen atoms in total. The first-order valence-electron chi connectivity index (χ1n) is 6.79. The van der Waals surface area contributed by atoms with Crippen LogP contribution in [-0.4, -0.2) is 26.1 Å². The molecule has 130 valence electrons. The van der Waals surface area contributed by atoms with E-state index in [-0.39, 0.29) is 32.9 Å². The number of alkyl halides is 3. The van der Waals surface area contributed by atoms with Crippen molar-refractivity contribution in [2.45, 2.75) is 11.3 Å². The fraction of sp³-hybridized carbons (Fsp3) is 0.133. The van der Waals surface area contributed by atoms with Gasteiger partial charge in [0.2, 0.25) is 0 Å². The van der Waals surface area contributed by atoms with Gasteiger partial charge in [-0.15, -0.1) is 10.2 Å². The Labute approximate surface area is 147 Å². The van der Waals surface area contributed by atoms with Crippen LogP contribution in [0.4, 0.5) is 17.6 Å². The lowest BCUT2D eigenvalue weighted by Crippen LogP contribution is -2.07. The number of carbonyl (C=O) groups is 1. The Balaban J connectivity index is 1.85. The first kappa shape index (κ1) is 17.7. The number of nitrogens with zero attached hydrogens (tertiary/aromatic N) is 3. The maximum absolute atomic E-state index is 12.9. The molecule has 0 unspecified atom stereocenters. The predicted octanol–water partition coefficient (Wildman–Crippen LogP) is 4.52. The van der Waals surface area contributed by atoms with E-state index >= 15 is 0 Å². The minimum Gasteiger partial charge on any atom is -0.293 e. The molecule has 10 heteroatoms. The van der Waals surface area contributed by atoms with E-state index in [1.807, 2.05) is 0 Å². The van der Waals surface area contributed by atoms with Gasteiger partial charge in [0.15, 0.2) is 16.6 Å². The summed E-state index contributed by atoms with van der Waals surface area (Å²) in [6.07, 6.45) is -3.75. The number of carbonyl (C=O) groups excluding carboxylic acids is 1. The predicted molar refractivity (Wildman–Crippen MR) is 84.5 cm³/mol. The zero-order chi connectivity index (χ0) is 18.2. The fourth-order valence-corrected chi connectivity index (χ4v) is 3.09. The van der Waals surface area contributed by atoms with Crippen molar-refractivity contribution >= 4 is 34.8 Å². The highest BCUT2D eigenvalue weighted by Gasteiger charge is 2.32. The second kappa shape index (κ2) is 6.64. The molecule has 2 aromatic heterocycles. The van der Waals surface area contributed by atoms with Crippen molar-refractivity contribution in [3.8, 4) is 0 Å². The lowest BCUT2D eigenvalue weighted by molar-refractivity contribution is -0.137. The van der Waals surface area contributed by atoms with Gasteiger partial charge in [-0.05, 0) is 30.3 Å². The Kier molecular flexibility index (Phi) is 4.70. The van der Waals surface area contributed by atoms with Crippen molar-refractivity contribution in [3.63, 3.8) is 0 Å². The average molecular weight is 390 g/mol. The van der Waals surface area contributed by atoms with Gasteiger partial charge in [0, 0.05) is 11.8 Å². The Hall–Kier alpha value is -2.13. The van der Waals surface area contributed by atoms with Crippen LogP contribution in [0, 0.1) is 5.82 Å². The topological polar surface area (TPSA) is 47.3 Å². The number of benzene rings is 1. The minimum atomic E-state index is -4.58. The van der Waals surface area contributed by atoms with Crippen LogP contribution < -0.4 is 0 Å². The van der Waals surface area contributed by atoms with Gasteiger partial charge in [-0.1, -0.05) is 23.4 Å². The second-order valence-corrected chi connectivity index (χ2v) is 6.32. The van der Waals surface area contributed by atoms with Crippen LogP contribution in [-0.2, 0) is 6.18 Å². The number of thioether (sulfide) groups is 1. The van der Waals surface area contributed by atoms with Crippen molar-refractivity contribution in [2.24, 2.45) is 0 Å². The lowest BCUT2D eigenvalue weighted by Gasteiger charge is -2.08. The molecule has 0 amide bonds. The van der Waals surface area contributed by atoms with Gasteiger partial charge in [0.25, 0.3) is 0 Å². The molecule has 0 aliphatic rings. The quantitative estimate of drug-likeness (QED) is 0.374. The van der Waals surface area contributed by atoms with Crippen LogP contribution in [0.2, 0.25) is 5.02 Å². The summed E-state index contributed by atoms with van der Waals surface area (Å²) in [7, 11) is 0. The molecule has 0 N–H and O–H groups in total. The summed E-state index contributed by atoms with van der Waals surface area (Å²) >= 11 is 6.73. The maximum Gasteiger partial charge on any atom is 0.417 e. The third-order valence-corrected chi connectivity index (χ3v) is 4.48. The monoisotopic (exact) mass is 389 g/mol. The number of aromatic nitrogens is 3. The van der Waals surface area contributed by atoms with Gasteiger partial charge >= 0.3 is 6.18 Å². The zero-order valence-electron chi connectivity index (χ0n) is 12.2. The highest BCUT2D eigenvalue weighted by Crippen LogP contribution is 2.33. The molecule has 0 spiro atoms. The Morgan fingerprint density at radius 2 is 1.88 bits per heavy atom. The van der Waals surface area contributed by atoms with E-state index in [2.05, 4.69) is 10.2 Å². The summed E-state index contributed by atoms with van der Waals surface area (Å²) in [4.78, 5) is 12.1. The van der Waals surface area contributed by atoms with Crippen LogP contribution in [0.5, 0.6) is 0 Å². The van der Waals surface area contributed by atoms with E-state index in [4.69, 9.17) is 11.6 Å². The molecule has 0 fully saturated rings. The largest absolute Gasteiger partial charge is 0.417 e. The van der Waals surface area contributed by atoms with Gasteiger partial charge in [-0.2, -0.15) is 13.2 Å². The molecule has 3 rings (SSSR count). The molecule has 3 aromatic rings. The Bertz CT molecular complexity index is 940. The van der Waals surface area contributed by atoms with Crippen molar-refractivity contribution in [2.75, 3.05) is 5.75 Å². The van der Waals surface area contributed by atoms with Gasteiger partial charge in [-0.3, -0.25) is 9.20 Å². The molecular weight excluding hydrogens is 382 g/mol. The van der Waals surface area contributed by atoms with Gasteiger partial charge < -0.3 is 0 Å². The van der Waals surface area contributed by atoms with Crippen LogP contribution in [0.1, 0.15) is 15.9 Å². The van der Waals surface area contributed by atoms with Crippen LogP contribution in [0.15, 0.2) is 41.7 Å². The number of hydrogen-bond acceptors (Lipinski definition) is 4. The number of rotatable bonds is 4. The van der Waals surface area contributed by atoms with Crippen molar-refractivity contribution in [1.29, 1.82) is 0 Å². The van der Waals surface area contributed by atoms with E-state index in [1.165, 1.54) is 12.1 Å². The molecule has 0 saturated heterocycles. The Morgan fingerprint density at radius 1 is 1.20 bits per heavy atom. The first-order chi connectivity index (χ1) is 11.8. The van der Waals surface area contributed by atoms with E-state index in [0.717, 1.165) is 40.6 Å². The number of hydrogen-bond donors (Lipinski definition) is 0. The van der Waals surface area contributed by atoms with Crippen molar-refractivity contribution in [1.82, 2.24) is 14.6 Å². The molecule has 0 aliphatic heterocycles. The maximum atomic E-state index is 12.9. The molecule has 2 heterocycles. The number of halogens is 5. The third-order valence-electron chi connectivity index (χ3n) is 3.25. The standard InChI is InChI=1S/C15H8ClF4N3OS/c16-11-5-9(15(18,19)20)6-23-13(11)21-22-14(23)25-7-12(24)8-1-3-10(17)4-2-8/h1-6H,7H2. The summed E-state index contributed by atoms with van der Waals surface area (Å²) in [5, 5.41) is 7.41. The minimum absolute atomic E-state index is 0.0615. The van der Waals surface area contributed by atoms with Crippen molar-refractivity contribution in [3.05, 3.63) is 58.5 Å². The summed E-state index contributed by atoms with van der Waals surface area (Å²) in [5.74, 6) is -0.887. The highest BCUT2D eigenvalue weighted by molar-refractivity contribution is 7.99. The first-order valence-corrected chi connectivity index (χ1v) is 8.15. The van der Waals surface area contributed by atoms with E-state index in [0.29, 0.717) is 0 Å². The van der Waals surface area contributed by atoms with Gasteiger partial charge in [-0.25, -0.2) is 4.39 Å². The Morgan fingerprint density at radius 3 is 2.52 bits per heavy atom. The number of ketones is 1. The summed E-state index contributed by atoms with van der Waals surface area (Å²) in [5.41, 5.74) is -0.598. The normalized spacial score (nSPS) is 11.9. The number of fused-ring (bicyclic) bond motifs is 1. The fourth-order valence-electron chi connectivity index (χ4n) is 2.04. The summed E-state index contributed by atoms with van der Waals surface area (Å²) < 4.78 is 52.6. The molecule has 1 aromatic carbocycles.